The molecule has 5 nitrogen and oxygen atoms in total. The van der Waals surface area contributed by atoms with Crippen LogP contribution in [0.1, 0.15) is 18.1 Å². The lowest BCUT2D eigenvalue weighted by Crippen LogP contribution is -2.31. The molecule has 0 aliphatic heterocycles. The maximum atomic E-state index is 11.3. The summed E-state index contributed by atoms with van der Waals surface area (Å²) >= 11 is 0. The topological polar surface area (TPSA) is 71.5 Å². The van der Waals surface area contributed by atoms with Gasteiger partial charge in [0.1, 0.15) is 12.7 Å². The lowest BCUT2D eigenvalue weighted by Gasteiger charge is -2.09. The Labute approximate surface area is 123 Å². The van der Waals surface area contributed by atoms with Crippen LogP contribution in [0.2, 0.25) is 0 Å². The Kier molecular flexibility index (Phi) is 5.29. The molecule has 1 aromatic heterocycles. The molecule has 2 rings (SSSR count). The SMILES string of the molecule is CC(O)C(=O)NCc1ccnc(OCc2ccccc2)c1. The van der Waals surface area contributed by atoms with E-state index in [-0.39, 0.29) is 0 Å². The molecule has 1 unspecified atom stereocenters. The molecular weight excluding hydrogens is 268 g/mol. The van der Waals surface area contributed by atoms with Gasteiger partial charge >= 0.3 is 0 Å². The standard InChI is InChI=1S/C16H18N2O3/c1-12(19)16(20)18-10-14-7-8-17-15(9-14)21-11-13-5-3-2-4-6-13/h2-9,12,19H,10-11H2,1H3,(H,18,20). The molecular formula is C16H18N2O3. The van der Waals surface area contributed by atoms with Crippen LogP contribution in [-0.2, 0) is 17.9 Å². The van der Waals surface area contributed by atoms with Crippen molar-refractivity contribution in [2.75, 3.05) is 0 Å². The fraction of sp³-hybridized carbons (Fsp3) is 0.250. The monoisotopic (exact) mass is 286 g/mol. The van der Waals surface area contributed by atoms with Crippen molar-refractivity contribution in [1.29, 1.82) is 0 Å². The van der Waals surface area contributed by atoms with E-state index in [1.807, 2.05) is 30.3 Å². The fourth-order valence-corrected chi connectivity index (χ4v) is 1.71. The molecule has 1 amide bonds. The van der Waals surface area contributed by atoms with E-state index >= 15 is 0 Å². The molecule has 1 atom stereocenters. The number of nitrogens with zero attached hydrogens (tertiary/aromatic N) is 1. The number of aliphatic hydroxyl groups is 1. The molecule has 0 spiro atoms. The van der Waals surface area contributed by atoms with Crippen LogP contribution in [0.15, 0.2) is 48.7 Å². The van der Waals surface area contributed by atoms with Gasteiger partial charge in [-0.3, -0.25) is 4.79 Å². The number of rotatable bonds is 6. The third kappa shape index (κ3) is 4.89. The number of aromatic nitrogens is 1. The number of ether oxygens (including phenoxy) is 1. The van der Waals surface area contributed by atoms with E-state index in [0.29, 0.717) is 19.0 Å². The van der Waals surface area contributed by atoms with Gasteiger partial charge in [0.2, 0.25) is 11.8 Å². The van der Waals surface area contributed by atoms with Crippen LogP contribution in [0, 0.1) is 0 Å². The molecule has 0 saturated carbocycles. The van der Waals surface area contributed by atoms with E-state index in [2.05, 4.69) is 10.3 Å². The summed E-state index contributed by atoms with van der Waals surface area (Å²) in [6.07, 6.45) is 0.616. The van der Waals surface area contributed by atoms with E-state index in [0.717, 1.165) is 11.1 Å². The Balaban J connectivity index is 1.90. The van der Waals surface area contributed by atoms with E-state index in [1.165, 1.54) is 6.92 Å². The third-order valence-electron chi connectivity index (χ3n) is 2.87. The van der Waals surface area contributed by atoms with E-state index in [4.69, 9.17) is 9.84 Å². The van der Waals surface area contributed by atoms with Gasteiger partial charge in [0, 0.05) is 18.8 Å². The van der Waals surface area contributed by atoms with Gasteiger partial charge in [-0.25, -0.2) is 4.98 Å². The van der Waals surface area contributed by atoms with E-state index in [9.17, 15) is 4.79 Å². The first-order chi connectivity index (χ1) is 10.1. The van der Waals surface area contributed by atoms with Crippen LogP contribution in [0.4, 0.5) is 0 Å². The van der Waals surface area contributed by atoms with Gasteiger partial charge in [-0.2, -0.15) is 0 Å². The van der Waals surface area contributed by atoms with Crippen molar-refractivity contribution in [1.82, 2.24) is 10.3 Å². The number of amides is 1. The largest absolute Gasteiger partial charge is 0.473 e. The number of carbonyl (C=O) groups excluding carboxylic acids is 1. The lowest BCUT2D eigenvalue weighted by molar-refractivity contribution is -0.128. The molecule has 0 radical (unpaired) electrons. The van der Waals surface area contributed by atoms with Crippen molar-refractivity contribution in [3.05, 3.63) is 59.8 Å². The van der Waals surface area contributed by atoms with Gasteiger partial charge in [0.25, 0.3) is 0 Å². The quantitative estimate of drug-likeness (QED) is 0.847. The molecule has 0 aliphatic rings. The molecule has 0 aliphatic carbocycles. The van der Waals surface area contributed by atoms with Gasteiger partial charge < -0.3 is 15.2 Å². The predicted molar refractivity (Wildman–Crippen MR) is 78.5 cm³/mol. The highest BCUT2D eigenvalue weighted by Crippen LogP contribution is 2.11. The number of aliphatic hydroxyl groups excluding tert-OH is 1. The molecule has 0 fully saturated rings. The van der Waals surface area contributed by atoms with Crippen molar-refractivity contribution in [2.24, 2.45) is 0 Å². The zero-order valence-corrected chi connectivity index (χ0v) is 11.8. The molecule has 0 saturated heterocycles. The van der Waals surface area contributed by atoms with E-state index in [1.54, 1.807) is 18.3 Å². The maximum absolute atomic E-state index is 11.3. The molecule has 21 heavy (non-hydrogen) atoms. The number of pyridine rings is 1. The Morgan fingerprint density at radius 1 is 1.29 bits per heavy atom. The molecule has 2 aromatic rings. The van der Waals surface area contributed by atoms with Crippen molar-refractivity contribution in [3.8, 4) is 5.88 Å². The summed E-state index contributed by atoms with van der Waals surface area (Å²) in [5.74, 6) is 0.0983. The van der Waals surface area contributed by atoms with Crippen LogP contribution >= 0.6 is 0 Å². The minimum Gasteiger partial charge on any atom is -0.473 e. The van der Waals surface area contributed by atoms with Crippen LogP contribution in [0.3, 0.4) is 0 Å². The van der Waals surface area contributed by atoms with Crippen LogP contribution in [-0.4, -0.2) is 22.1 Å². The molecule has 1 aromatic carbocycles. The summed E-state index contributed by atoms with van der Waals surface area (Å²) in [6.45, 7) is 2.20. The van der Waals surface area contributed by atoms with Gasteiger partial charge in [0.15, 0.2) is 0 Å². The highest BCUT2D eigenvalue weighted by atomic mass is 16.5. The Hall–Kier alpha value is -2.40. The number of carbonyl (C=O) groups is 1. The number of nitrogens with one attached hydrogen (secondary N) is 1. The Morgan fingerprint density at radius 3 is 2.76 bits per heavy atom. The van der Waals surface area contributed by atoms with Crippen molar-refractivity contribution < 1.29 is 14.6 Å². The van der Waals surface area contributed by atoms with Gasteiger partial charge in [-0.05, 0) is 24.1 Å². The van der Waals surface area contributed by atoms with Crippen molar-refractivity contribution in [2.45, 2.75) is 26.2 Å². The Morgan fingerprint density at radius 2 is 2.05 bits per heavy atom. The molecule has 0 bridgehead atoms. The van der Waals surface area contributed by atoms with Crippen LogP contribution < -0.4 is 10.1 Å². The predicted octanol–water partition coefficient (Wildman–Crippen LogP) is 1.66. The average molecular weight is 286 g/mol. The highest BCUT2D eigenvalue weighted by molar-refractivity contribution is 5.79. The number of benzene rings is 1. The maximum Gasteiger partial charge on any atom is 0.248 e. The fourth-order valence-electron chi connectivity index (χ4n) is 1.71. The van der Waals surface area contributed by atoms with Crippen molar-refractivity contribution >= 4 is 5.91 Å². The second-order valence-electron chi connectivity index (χ2n) is 4.67. The minimum absolute atomic E-state index is 0.327. The summed E-state index contributed by atoms with van der Waals surface area (Å²) in [5.41, 5.74) is 1.93. The summed E-state index contributed by atoms with van der Waals surface area (Å²) < 4.78 is 5.61. The molecule has 1 heterocycles. The first-order valence-electron chi connectivity index (χ1n) is 6.72. The first kappa shape index (κ1) is 15.0. The van der Waals surface area contributed by atoms with Gasteiger partial charge in [-0.15, -0.1) is 0 Å². The zero-order valence-electron chi connectivity index (χ0n) is 11.8. The Bertz CT molecular complexity index is 585. The van der Waals surface area contributed by atoms with Gasteiger partial charge in [-0.1, -0.05) is 30.3 Å². The smallest absolute Gasteiger partial charge is 0.248 e. The molecule has 2 N–H and O–H groups in total. The second-order valence-corrected chi connectivity index (χ2v) is 4.67. The average Bonchev–Trinajstić information content (AvgIpc) is 2.52. The van der Waals surface area contributed by atoms with Gasteiger partial charge in [0.05, 0.1) is 0 Å². The first-order valence-corrected chi connectivity index (χ1v) is 6.72. The number of hydrogen-bond donors (Lipinski definition) is 2. The normalized spacial score (nSPS) is 11.7. The summed E-state index contributed by atoms with van der Waals surface area (Å²) in [7, 11) is 0. The second kappa shape index (κ2) is 7.40. The lowest BCUT2D eigenvalue weighted by atomic mass is 10.2. The minimum atomic E-state index is -1.01. The third-order valence-corrected chi connectivity index (χ3v) is 2.87. The van der Waals surface area contributed by atoms with Crippen molar-refractivity contribution in [3.63, 3.8) is 0 Å². The molecule has 110 valence electrons. The summed E-state index contributed by atoms with van der Waals surface area (Å²) in [5, 5.41) is 11.7. The number of hydrogen-bond acceptors (Lipinski definition) is 4. The van der Waals surface area contributed by atoms with Crippen LogP contribution in [0.25, 0.3) is 0 Å². The highest BCUT2D eigenvalue weighted by Gasteiger charge is 2.08. The summed E-state index contributed by atoms with van der Waals surface area (Å²) in [6, 6.07) is 13.4. The van der Waals surface area contributed by atoms with E-state index < -0.39 is 12.0 Å². The van der Waals surface area contributed by atoms with Crippen LogP contribution in [0.5, 0.6) is 5.88 Å². The summed E-state index contributed by atoms with van der Waals surface area (Å²) in [4.78, 5) is 15.4. The molecule has 5 heteroatoms. The zero-order chi connectivity index (χ0) is 15.1.